The summed E-state index contributed by atoms with van der Waals surface area (Å²) in [5.41, 5.74) is 0. The van der Waals surface area contributed by atoms with Crippen LogP contribution in [0.5, 0.6) is 0 Å². The normalized spacial score (nSPS) is 32.8. The number of ketones is 1. The lowest BCUT2D eigenvalue weighted by Crippen LogP contribution is -2.59. The van der Waals surface area contributed by atoms with E-state index in [1.807, 2.05) is 0 Å². The third-order valence-electron chi connectivity index (χ3n) is 4.72. The van der Waals surface area contributed by atoms with E-state index in [-0.39, 0.29) is 12.1 Å². The molecule has 2 heterocycles. The Hall–Kier alpha value is -0.490. The van der Waals surface area contributed by atoms with Crippen LogP contribution in [0, 0.1) is 0 Å². The lowest BCUT2D eigenvalue weighted by molar-refractivity contribution is -0.129. The predicted octanol–water partition coefficient (Wildman–Crippen LogP) is -0.0801. The van der Waals surface area contributed by atoms with E-state index in [0.717, 1.165) is 39.3 Å². The number of nitrogens with zero attached hydrogens (tertiary/aromatic N) is 2. The quantitative estimate of drug-likeness (QED) is 0.755. The van der Waals surface area contributed by atoms with Crippen molar-refractivity contribution in [2.75, 3.05) is 39.3 Å². The Balaban J connectivity index is 1.91. The molecular weight excluding hydrogens is 252 g/mol. The molecule has 0 aromatic heterocycles. The Morgan fingerprint density at radius 3 is 1.70 bits per heavy atom. The summed E-state index contributed by atoms with van der Waals surface area (Å²) in [7, 11) is 0. The zero-order valence-corrected chi connectivity index (χ0v) is 13.4. The van der Waals surface area contributed by atoms with E-state index in [2.05, 4.69) is 48.1 Å². The van der Waals surface area contributed by atoms with Crippen LogP contribution in [-0.4, -0.2) is 79.0 Å². The molecule has 0 aromatic carbocycles. The Kier molecular flexibility index (Phi) is 5.55. The van der Waals surface area contributed by atoms with E-state index in [1.165, 1.54) is 0 Å². The molecule has 2 fully saturated rings. The van der Waals surface area contributed by atoms with Crippen LogP contribution in [-0.2, 0) is 4.79 Å². The summed E-state index contributed by atoms with van der Waals surface area (Å²) in [6.45, 7) is 14.4. The maximum atomic E-state index is 12.7. The number of hydrogen-bond donors (Lipinski definition) is 2. The van der Waals surface area contributed by atoms with E-state index >= 15 is 0 Å². The first-order valence-electron chi connectivity index (χ1n) is 7.97. The van der Waals surface area contributed by atoms with Crippen LogP contribution in [0.3, 0.4) is 0 Å². The van der Waals surface area contributed by atoms with Gasteiger partial charge in [-0.25, -0.2) is 0 Å². The van der Waals surface area contributed by atoms with Crippen LogP contribution in [0.4, 0.5) is 0 Å². The second kappa shape index (κ2) is 6.98. The summed E-state index contributed by atoms with van der Waals surface area (Å²) in [4.78, 5) is 17.4. The summed E-state index contributed by atoms with van der Waals surface area (Å²) in [6.07, 6.45) is 0. The number of rotatable bonds is 4. The van der Waals surface area contributed by atoms with Gasteiger partial charge >= 0.3 is 0 Å². The first-order chi connectivity index (χ1) is 9.49. The number of carbonyl (C=O) groups is 1. The maximum absolute atomic E-state index is 12.7. The molecule has 0 bridgehead atoms. The van der Waals surface area contributed by atoms with Crippen molar-refractivity contribution in [2.24, 2.45) is 0 Å². The van der Waals surface area contributed by atoms with Gasteiger partial charge in [0.25, 0.3) is 0 Å². The topological polar surface area (TPSA) is 47.6 Å². The molecule has 20 heavy (non-hydrogen) atoms. The van der Waals surface area contributed by atoms with Crippen LogP contribution in [0.25, 0.3) is 0 Å². The molecule has 0 aliphatic carbocycles. The van der Waals surface area contributed by atoms with E-state index in [1.54, 1.807) is 0 Å². The largest absolute Gasteiger partial charge is 0.312 e. The molecule has 0 spiro atoms. The third-order valence-corrected chi connectivity index (χ3v) is 4.72. The molecular formula is C15H30N4O. The average Bonchev–Trinajstić information content (AvgIpc) is 2.45. The lowest BCUT2D eigenvalue weighted by atomic mass is 10.0. The van der Waals surface area contributed by atoms with Crippen LogP contribution in [0.2, 0.25) is 0 Å². The number of nitrogens with one attached hydrogen (secondary N) is 2. The van der Waals surface area contributed by atoms with Crippen molar-refractivity contribution in [3.8, 4) is 0 Å². The van der Waals surface area contributed by atoms with Crippen molar-refractivity contribution in [1.29, 1.82) is 0 Å². The molecule has 0 amide bonds. The zero-order chi connectivity index (χ0) is 14.7. The molecule has 2 saturated heterocycles. The van der Waals surface area contributed by atoms with Crippen molar-refractivity contribution in [3.63, 3.8) is 0 Å². The molecule has 5 heteroatoms. The number of hydrogen-bond acceptors (Lipinski definition) is 5. The van der Waals surface area contributed by atoms with Crippen LogP contribution in [0.15, 0.2) is 0 Å². The number of Topliss-reactive ketones (excluding diaryl/α,β-unsaturated/α-hetero) is 1. The minimum Gasteiger partial charge on any atom is -0.312 e. The molecule has 4 atom stereocenters. The summed E-state index contributed by atoms with van der Waals surface area (Å²) < 4.78 is 0. The molecule has 116 valence electrons. The van der Waals surface area contributed by atoms with Gasteiger partial charge in [-0.2, -0.15) is 0 Å². The molecule has 2 aliphatic heterocycles. The minimum atomic E-state index is 0.0275. The van der Waals surface area contributed by atoms with Crippen molar-refractivity contribution in [1.82, 2.24) is 20.4 Å². The van der Waals surface area contributed by atoms with Crippen molar-refractivity contribution in [3.05, 3.63) is 0 Å². The smallest absolute Gasteiger partial charge is 0.166 e. The van der Waals surface area contributed by atoms with Gasteiger partial charge in [-0.3, -0.25) is 14.6 Å². The van der Waals surface area contributed by atoms with Gasteiger partial charge in [-0.05, 0) is 27.7 Å². The monoisotopic (exact) mass is 282 g/mol. The minimum absolute atomic E-state index is 0.0275. The molecule has 0 radical (unpaired) electrons. The lowest BCUT2D eigenvalue weighted by Gasteiger charge is -2.40. The number of carbonyl (C=O) groups excluding carboxylic acids is 1. The second-order valence-electron chi connectivity index (χ2n) is 6.45. The van der Waals surface area contributed by atoms with Gasteiger partial charge in [0.1, 0.15) is 0 Å². The highest BCUT2D eigenvalue weighted by Crippen LogP contribution is 2.12. The molecule has 2 rings (SSSR count). The first-order valence-corrected chi connectivity index (χ1v) is 7.97. The highest BCUT2D eigenvalue weighted by atomic mass is 16.1. The van der Waals surface area contributed by atoms with Gasteiger partial charge in [-0.15, -0.1) is 0 Å². The summed E-state index contributed by atoms with van der Waals surface area (Å²) >= 11 is 0. The van der Waals surface area contributed by atoms with E-state index in [4.69, 9.17) is 0 Å². The molecule has 2 aliphatic rings. The second-order valence-corrected chi connectivity index (χ2v) is 6.45. The Labute approximate surface area is 123 Å². The van der Waals surface area contributed by atoms with Gasteiger partial charge in [0.15, 0.2) is 5.78 Å². The highest BCUT2D eigenvalue weighted by Gasteiger charge is 2.32. The fraction of sp³-hybridized carbons (Fsp3) is 0.933. The van der Waals surface area contributed by atoms with Gasteiger partial charge in [0, 0.05) is 51.4 Å². The summed E-state index contributed by atoms with van der Waals surface area (Å²) in [6, 6.07) is 1.02. The molecule has 2 N–H and O–H groups in total. The SMILES string of the molecule is CC(C(=O)C(C)N1CCN[C@@H](C)C1)N1CCN[C@@H](C)C1. The molecule has 0 saturated carbocycles. The third kappa shape index (κ3) is 3.79. The van der Waals surface area contributed by atoms with Crippen molar-refractivity contribution in [2.45, 2.75) is 51.9 Å². The first kappa shape index (κ1) is 15.9. The zero-order valence-electron chi connectivity index (χ0n) is 13.4. The summed E-state index contributed by atoms with van der Waals surface area (Å²) in [5, 5.41) is 6.86. The van der Waals surface area contributed by atoms with E-state index < -0.39 is 0 Å². The van der Waals surface area contributed by atoms with Crippen LogP contribution < -0.4 is 10.6 Å². The fourth-order valence-corrected chi connectivity index (χ4v) is 3.34. The molecule has 5 nitrogen and oxygen atoms in total. The average molecular weight is 282 g/mol. The summed E-state index contributed by atoms with van der Waals surface area (Å²) in [5.74, 6) is 0.369. The Morgan fingerprint density at radius 2 is 1.35 bits per heavy atom. The van der Waals surface area contributed by atoms with E-state index in [9.17, 15) is 4.79 Å². The van der Waals surface area contributed by atoms with Gasteiger partial charge in [0.05, 0.1) is 12.1 Å². The van der Waals surface area contributed by atoms with Gasteiger partial charge < -0.3 is 10.6 Å². The standard InChI is InChI=1S/C15H30N4O/c1-11-9-18(7-5-16-11)13(3)15(20)14(4)19-8-6-17-12(2)10-19/h11-14,16-17H,5-10H2,1-4H3/t11-,12-,13?,14?/m0/s1. The van der Waals surface area contributed by atoms with Gasteiger partial charge in [0.2, 0.25) is 0 Å². The highest BCUT2D eigenvalue weighted by molar-refractivity contribution is 5.88. The van der Waals surface area contributed by atoms with Crippen molar-refractivity contribution < 1.29 is 4.79 Å². The van der Waals surface area contributed by atoms with Gasteiger partial charge in [-0.1, -0.05) is 0 Å². The Morgan fingerprint density at radius 1 is 0.950 bits per heavy atom. The molecule has 2 unspecified atom stereocenters. The van der Waals surface area contributed by atoms with Crippen LogP contribution in [0.1, 0.15) is 27.7 Å². The molecule has 0 aromatic rings. The van der Waals surface area contributed by atoms with E-state index in [0.29, 0.717) is 17.9 Å². The fourth-order valence-electron chi connectivity index (χ4n) is 3.34. The maximum Gasteiger partial charge on any atom is 0.166 e. The van der Waals surface area contributed by atoms with Crippen molar-refractivity contribution >= 4 is 5.78 Å². The Bertz CT molecular complexity index is 306. The predicted molar refractivity (Wildman–Crippen MR) is 82.0 cm³/mol. The number of piperazine rings is 2. The van der Waals surface area contributed by atoms with Crippen LogP contribution >= 0.6 is 0 Å².